The number of rotatable bonds is 7. The number of fused-ring (bicyclic) bond motifs is 1. The molecule has 0 aliphatic carbocycles. The Morgan fingerprint density at radius 3 is 2.56 bits per heavy atom. The summed E-state index contributed by atoms with van der Waals surface area (Å²) in [5.74, 6) is -0.326. The third kappa shape index (κ3) is 4.79. The van der Waals surface area contributed by atoms with Crippen molar-refractivity contribution in [3.8, 4) is 0 Å². The summed E-state index contributed by atoms with van der Waals surface area (Å²) in [7, 11) is -3.91. The summed E-state index contributed by atoms with van der Waals surface area (Å²) in [6.07, 6.45) is 2.29. The molecule has 0 saturated carbocycles. The average molecular weight is 468 g/mol. The van der Waals surface area contributed by atoms with Crippen LogP contribution in [0.2, 0.25) is 5.02 Å². The lowest BCUT2D eigenvalue weighted by atomic mass is 10.1. The van der Waals surface area contributed by atoms with Crippen LogP contribution in [0.1, 0.15) is 21.5 Å². The molecule has 0 bridgehead atoms. The fraction of sp³-hybridized carbons (Fsp3) is 0.125. The molecule has 3 aromatic carbocycles. The Bertz CT molecular complexity index is 1380. The first-order valence-electron chi connectivity index (χ1n) is 10.1. The molecule has 0 saturated heterocycles. The van der Waals surface area contributed by atoms with Gasteiger partial charge in [0, 0.05) is 23.7 Å². The second kappa shape index (κ2) is 9.06. The van der Waals surface area contributed by atoms with E-state index in [1.54, 1.807) is 36.5 Å². The molecule has 1 aromatic heterocycles. The fourth-order valence-corrected chi connectivity index (χ4v) is 4.72. The number of sulfonamides is 1. The van der Waals surface area contributed by atoms with Crippen LogP contribution in [0.3, 0.4) is 0 Å². The Balaban J connectivity index is 1.47. The Labute approximate surface area is 191 Å². The maximum atomic E-state index is 13.0. The van der Waals surface area contributed by atoms with Crippen molar-refractivity contribution in [1.82, 2.24) is 10.3 Å². The maximum absolute atomic E-state index is 13.0. The number of H-pyrrole nitrogens is 1. The van der Waals surface area contributed by atoms with E-state index in [1.807, 2.05) is 31.2 Å². The van der Waals surface area contributed by atoms with Gasteiger partial charge in [-0.3, -0.25) is 9.52 Å². The molecule has 0 radical (unpaired) electrons. The summed E-state index contributed by atoms with van der Waals surface area (Å²) in [5.41, 5.74) is 3.54. The van der Waals surface area contributed by atoms with E-state index in [9.17, 15) is 13.2 Å². The third-order valence-corrected chi connectivity index (χ3v) is 6.81. The number of benzene rings is 3. The van der Waals surface area contributed by atoms with E-state index < -0.39 is 10.0 Å². The second-order valence-electron chi connectivity index (χ2n) is 7.49. The minimum Gasteiger partial charge on any atom is -0.358 e. The predicted molar refractivity (Wildman–Crippen MR) is 128 cm³/mol. The van der Waals surface area contributed by atoms with E-state index in [-0.39, 0.29) is 16.4 Å². The van der Waals surface area contributed by atoms with Gasteiger partial charge in [-0.1, -0.05) is 59.6 Å². The van der Waals surface area contributed by atoms with Crippen molar-refractivity contribution >= 4 is 44.1 Å². The summed E-state index contributed by atoms with van der Waals surface area (Å²) in [4.78, 5) is 15.5. The van der Waals surface area contributed by atoms with E-state index in [0.29, 0.717) is 34.6 Å². The molecular weight excluding hydrogens is 446 g/mol. The van der Waals surface area contributed by atoms with Gasteiger partial charge in [0.1, 0.15) is 0 Å². The van der Waals surface area contributed by atoms with Gasteiger partial charge in [-0.2, -0.15) is 0 Å². The summed E-state index contributed by atoms with van der Waals surface area (Å²) in [5, 5.41) is 4.06. The molecule has 164 valence electrons. The zero-order valence-electron chi connectivity index (χ0n) is 17.4. The van der Waals surface area contributed by atoms with Crippen LogP contribution in [0.4, 0.5) is 5.69 Å². The SMILES string of the molecule is Cc1ccc(CCNC(=O)c2cccc(S(=O)(=O)Nc3cccc4c(Cl)c[nH]c34)c2)cc1. The normalized spacial score (nSPS) is 11.4. The van der Waals surface area contributed by atoms with Crippen LogP contribution in [0.5, 0.6) is 0 Å². The molecular formula is C24H22ClN3O3S. The topological polar surface area (TPSA) is 91.1 Å². The molecule has 0 unspecified atom stereocenters. The standard InChI is InChI=1S/C24H22ClN3O3S/c1-16-8-10-17(11-9-16)12-13-26-24(29)18-4-2-5-19(14-18)32(30,31)28-22-7-3-6-20-21(25)15-27-23(20)22/h2-11,14-15,27-28H,12-13H2,1H3,(H,26,29). The first kappa shape index (κ1) is 21.9. The lowest BCUT2D eigenvalue weighted by Crippen LogP contribution is -2.26. The van der Waals surface area contributed by atoms with Gasteiger partial charge in [0.15, 0.2) is 0 Å². The molecule has 6 nitrogen and oxygen atoms in total. The summed E-state index contributed by atoms with van der Waals surface area (Å²) in [6.45, 7) is 2.47. The van der Waals surface area contributed by atoms with Gasteiger partial charge in [0.25, 0.3) is 15.9 Å². The highest BCUT2D eigenvalue weighted by atomic mass is 35.5. The van der Waals surface area contributed by atoms with Crippen molar-refractivity contribution in [2.45, 2.75) is 18.2 Å². The molecule has 1 amide bonds. The highest BCUT2D eigenvalue weighted by molar-refractivity contribution is 7.92. The number of amides is 1. The number of carbonyl (C=O) groups is 1. The average Bonchev–Trinajstić information content (AvgIpc) is 3.17. The monoisotopic (exact) mass is 467 g/mol. The fourth-order valence-electron chi connectivity index (χ4n) is 3.39. The van der Waals surface area contributed by atoms with Crippen molar-refractivity contribution in [3.63, 3.8) is 0 Å². The van der Waals surface area contributed by atoms with Gasteiger partial charge in [-0.05, 0) is 43.2 Å². The Kier molecular flexibility index (Phi) is 6.21. The number of carbonyl (C=O) groups excluding carboxylic acids is 1. The van der Waals surface area contributed by atoms with E-state index in [4.69, 9.17) is 11.6 Å². The first-order valence-corrected chi connectivity index (χ1v) is 11.9. The van der Waals surface area contributed by atoms with Crippen LogP contribution >= 0.6 is 11.6 Å². The lowest BCUT2D eigenvalue weighted by molar-refractivity contribution is 0.0954. The first-order chi connectivity index (χ1) is 15.3. The van der Waals surface area contributed by atoms with Gasteiger partial charge in [-0.25, -0.2) is 8.42 Å². The van der Waals surface area contributed by atoms with Crippen LogP contribution in [0, 0.1) is 6.92 Å². The number of halogens is 1. The number of nitrogens with one attached hydrogen (secondary N) is 3. The van der Waals surface area contributed by atoms with E-state index in [0.717, 1.165) is 5.56 Å². The number of para-hydroxylation sites is 1. The summed E-state index contributed by atoms with van der Waals surface area (Å²) >= 11 is 6.12. The van der Waals surface area contributed by atoms with Gasteiger partial charge in [0.2, 0.25) is 0 Å². The van der Waals surface area contributed by atoms with E-state index in [1.165, 1.54) is 17.7 Å². The van der Waals surface area contributed by atoms with Crippen molar-refractivity contribution in [3.05, 3.63) is 94.6 Å². The lowest BCUT2D eigenvalue weighted by Gasteiger charge is -2.11. The molecule has 0 spiro atoms. The number of aryl methyl sites for hydroxylation is 1. The van der Waals surface area contributed by atoms with Crippen LogP contribution in [-0.2, 0) is 16.4 Å². The largest absolute Gasteiger partial charge is 0.358 e. The molecule has 0 aliphatic heterocycles. The number of aromatic amines is 1. The van der Waals surface area contributed by atoms with Gasteiger partial charge in [-0.15, -0.1) is 0 Å². The molecule has 4 aromatic rings. The van der Waals surface area contributed by atoms with Crippen LogP contribution < -0.4 is 10.0 Å². The molecule has 1 heterocycles. The highest BCUT2D eigenvalue weighted by Crippen LogP contribution is 2.29. The van der Waals surface area contributed by atoms with Gasteiger partial charge in [0.05, 0.1) is 21.1 Å². The minimum absolute atomic E-state index is 0.00154. The van der Waals surface area contributed by atoms with E-state index >= 15 is 0 Å². The van der Waals surface area contributed by atoms with Gasteiger partial charge < -0.3 is 10.3 Å². The molecule has 8 heteroatoms. The molecule has 0 atom stereocenters. The second-order valence-corrected chi connectivity index (χ2v) is 9.58. The van der Waals surface area contributed by atoms with Crippen molar-refractivity contribution in [2.24, 2.45) is 0 Å². The number of aromatic nitrogens is 1. The van der Waals surface area contributed by atoms with Crippen LogP contribution in [0.15, 0.2) is 77.8 Å². The number of anilines is 1. The smallest absolute Gasteiger partial charge is 0.261 e. The Morgan fingerprint density at radius 1 is 1.03 bits per heavy atom. The number of hydrogen-bond donors (Lipinski definition) is 3. The summed E-state index contributed by atoms with van der Waals surface area (Å²) in [6, 6.07) is 19.2. The quantitative estimate of drug-likeness (QED) is 0.361. The Morgan fingerprint density at radius 2 is 1.78 bits per heavy atom. The zero-order valence-corrected chi connectivity index (χ0v) is 18.9. The molecule has 32 heavy (non-hydrogen) atoms. The van der Waals surface area contributed by atoms with Gasteiger partial charge >= 0.3 is 0 Å². The molecule has 0 fully saturated rings. The predicted octanol–water partition coefficient (Wildman–Crippen LogP) is 4.90. The van der Waals surface area contributed by atoms with Crippen LogP contribution in [-0.4, -0.2) is 25.9 Å². The molecule has 3 N–H and O–H groups in total. The highest BCUT2D eigenvalue weighted by Gasteiger charge is 2.18. The van der Waals surface area contributed by atoms with Crippen molar-refractivity contribution < 1.29 is 13.2 Å². The van der Waals surface area contributed by atoms with Crippen LogP contribution in [0.25, 0.3) is 10.9 Å². The van der Waals surface area contributed by atoms with Crippen molar-refractivity contribution in [2.75, 3.05) is 11.3 Å². The third-order valence-electron chi connectivity index (χ3n) is 5.14. The van der Waals surface area contributed by atoms with Crippen molar-refractivity contribution in [1.29, 1.82) is 0 Å². The Hall–Kier alpha value is -3.29. The summed E-state index contributed by atoms with van der Waals surface area (Å²) < 4.78 is 28.5. The maximum Gasteiger partial charge on any atom is 0.261 e. The van der Waals surface area contributed by atoms with E-state index in [2.05, 4.69) is 15.0 Å². The number of hydrogen-bond acceptors (Lipinski definition) is 3. The molecule has 4 rings (SSSR count). The zero-order chi connectivity index (χ0) is 22.7. The minimum atomic E-state index is -3.91. The molecule has 0 aliphatic rings.